The highest BCUT2D eigenvalue weighted by molar-refractivity contribution is 5.84. The molecule has 9 fully saturated rings. The van der Waals surface area contributed by atoms with Crippen molar-refractivity contribution in [1.82, 2.24) is 0 Å². The van der Waals surface area contributed by atoms with Gasteiger partial charge in [0.05, 0.1) is 33.7 Å². The Morgan fingerprint density at radius 2 is 1.08 bits per heavy atom. The van der Waals surface area contributed by atoms with E-state index < -0.39 is 79.1 Å². The maximum atomic E-state index is 15.0. The van der Waals surface area contributed by atoms with Crippen LogP contribution in [0.25, 0.3) is 0 Å². The van der Waals surface area contributed by atoms with Crippen molar-refractivity contribution in [2.45, 2.75) is 257 Å². The van der Waals surface area contributed by atoms with Gasteiger partial charge in [-0.25, -0.2) is 0 Å². The van der Waals surface area contributed by atoms with Gasteiger partial charge in [-0.3, -0.25) is 24.0 Å². The Bertz CT molecular complexity index is 1680. The Morgan fingerprint density at radius 1 is 0.635 bits per heavy atom. The van der Waals surface area contributed by atoms with Crippen molar-refractivity contribution in [2.75, 3.05) is 0 Å². The van der Waals surface area contributed by atoms with Gasteiger partial charge in [0.25, 0.3) is 0 Å². The van der Waals surface area contributed by atoms with Crippen molar-refractivity contribution in [3.05, 3.63) is 0 Å². The third-order valence-corrected chi connectivity index (χ3v) is 15.8. The van der Waals surface area contributed by atoms with Crippen molar-refractivity contribution in [2.24, 2.45) is 45.3 Å². The van der Waals surface area contributed by atoms with Crippen LogP contribution in [0.5, 0.6) is 0 Å². The Labute approximate surface area is 384 Å². The van der Waals surface area contributed by atoms with Crippen LogP contribution in [0.4, 0.5) is 0 Å². The maximum Gasteiger partial charge on any atom is 0.312 e. The molecule has 0 aromatic heterocycles. The lowest BCUT2D eigenvalue weighted by Gasteiger charge is -2.60. The van der Waals surface area contributed by atoms with Crippen LogP contribution in [-0.2, 0) is 47.7 Å². The van der Waals surface area contributed by atoms with Crippen molar-refractivity contribution in [3.63, 3.8) is 0 Å². The number of hydrogen-bond acceptors (Lipinski definition) is 11. The minimum Gasteiger partial charge on any atom is -0.460 e. The molecule has 368 valence electrons. The second kappa shape index (κ2) is 18.2. The Hall–Kier alpha value is -2.69. The van der Waals surface area contributed by atoms with E-state index in [1.807, 2.05) is 34.6 Å². The van der Waals surface area contributed by atoms with Gasteiger partial charge < -0.3 is 28.8 Å². The van der Waals surface area contributed by atoms with Crippen molar-refractivity contribution >= 4 is 29.8 Å². The summed E-state index contributed by atoms with van der Waals surface area (Å²) in [7, 11) is 0. The van der Waals surface area contributed by atoms with E-state index in [0.717, 1.165) is 38.5 Å². The largest absolute Gasteiger partial charge is 0.460 e. The number of carbonyl (C=O) groups is 5. The number of carbonyl (C=O) groups excluding carboxylic acids is 5. The first kappa shape index (κ1) is 58.3. The first-order valence-corrected chi connectivity index (χ1v) is 21.9. The van der Waals surface area contributed by atoms with Crippen LogP contribution < -0.4 is 0 Å². The molecule has 1 N–H and O–H groups in total. The average Bonchev–Trinajstić information content (AvgIpc) is 3.21. The molecule has 1 saturated heterocycles. The summed E-state index contributed by atoms with van der Waals surface area (Å²) in [6.07, 6.45) is 8.88. The number of cyclic esters (lactones) is 1. The second-order valence-electron chi connectivity index (χ2n) is 23.6. The summed E-state index contributed by atoms with van der Waals surface area (Å²) in [6, 6.07) is 0. The van der Waals surface area contributed by atoms with Gasteiger partial charge in [-0.05, 0) is 176 Å². The standard InChI is InChI=1S/C46H70O11.6CH4/c1-12-40(9,34(49)56-45-19-28-13-29(20-45)16-43(15-28,26-45)36(51)54-37(2,3)4)25-41(10,24-38(5,6)33(48)55-42(11)23-32(47)53-39(42,7)8)35(50)57-46-21-30-14-31(22-46)18-44(52,17-30)27-46;;;;;;/h28-31,52H,12-27H2,1-11H3;6*1H4. The molecule has 0 aromatic carbocycles. The summed E-state index contributed by atoms with van der Waals surface area (Å²) in [5, 5.41) is 11.5. The molecule has 63 heavy (non-hydrogen) atoms. The van der Waals surface area contributed by atoms with Crippen LogP contribution in [0.3, 0.4) is 0 Å². The molecule has 1 heterocycles. The molecular formula is C52H94O11. The molecule has 9 aliphatic rings. The molecule has 7 unspecified atom stereocenters. The maximum absolute atomic E-state index is 15.0. The Balaban J connectivity index is 0.00000331. The molecule has 9 rings (SSSR count). The van der Waals surface area contributed by atoms with Crippen LogP contribution in [0.2, 0.25) is 0 Å². The first-order valence-electron chi connectivity index (χ1n) is 21.9. The second-order valence-corrected chi connectivity index (χ2v) is 23.6. The van der Waals surface area contributed by atoms with Crippen LogP contribution in [0.15, 0.2) is 0 Å². The average molecular weight is 895 g/mol. The normalized spacial score (nSPS) is 36.9. The lowest BCUT2D eigenvalue weighted by atomic mass is 9.47. The molecule has 0 amide bonds. The predicted octanol–water partition coefficient (Wildman–Crippen LogP) is 11.9. The minimum absolute atomic E-state index is 0. The zero-order valence-corrected chi connectivity index (χ0v) is 36.7. The third-order valence-electron chi connectivity index (χ3n) is 15.8. The summed E-state index contributed by atoms with van der Waals surface area (Å²) in [5.74, 6) is -1.06. The van der Waals surface area contributed by atoms with Gasteiger partial charge in [0.2, 0.25) is 0 Å². The van der Waals surface area contributed by atoms with Gasteiger partial charge in [-0.1, -0.05) is 51.5 Å². The molecule has 8 saturated carbocycles. The van der Waals surface area contributed by atoms with Gasteiger partial charge in [0.1, 0.15) is 22.4 Å². The molecule has 11 heteroatoms. The van der Waals surface area contributed by atoms with Crippen molar-refractivity contribution in [1.29, 1.82) is 0 Å². The van der Waals surface area contributed by atoms with E-state index in [1.165, 1.54) is 0 Å². The summed E-state index contributed by atoms with van der Waals surface area (Å²) in [6.45, 7) is 19.8. The Kier molecular flexibility index (Phi) is 16.8. The number of rotatable bonds is 12. The van der Waals surface area contributed by atoms with Gasteiger partial charge >= 0.3 is 29.8 Å². The number of ether oxygens (including phenoxy) is 5. The van der Waals surface area contributed by atoms with E-state index >= 15 is 4.79 Å². The van der Waals surface area contributed by atoms with E-state index in [-0.39, 0.29) is 93.5 Å². The van der Waals surface area contributed by atoms with Gasteiger partial charge in [-0.2, -0.15) is 0 Å². The fourth-order valence-corrected chi connectivity index (χ4v) is 13.7. The number of hydrogen-bond donors (Lipinski definition) is 1. The zero-order valence-electron chi connectivity index (χ0n) is 36.7. The molecule has 0 radical (unpaired) electrons. The molecule has 8 aliphatic carbocycles. The predicted molar refractivity (Wildman–Crippen MR) is 249 cm³/mol. The van der Waals surface area contributed by atoms with Gasteiger partial charge in [0, 0.05) is 12.8 Å². The fourth-order valence-electron chi connectivity index (χ4n) is 13.7. The van der Waals surface area contributed by atoms with Gasteiger partial charge in [-0.15, -0.1) is 0 Å². The first-order chi connectivity index (χ1) is 26.0. The quantitative estimate of drug-likeness (QED) is 0.147. The molecule has 11 nitrogen and oxygen atoms in total. The summed E-state index contributed by atoms with van der Waals surface area (Å²) < 4.78 is 31.0. The molecule has 1 aliphatic heterocycles. The van der Waals surface area contributed by atoms with E-state index in [1.54, 1.807) is 41.5 Å². The molecular weight excluding hydrogens is 801 g/mol. The van der Waals surface area contributed by atoms with Gasteiger partial charge in [0.15, 0.2) is 5.60 Å². The van der Waals surface area contributed by atoms with E-state index in [4.69, 9.17) is 23.7 Å². The summed E-state index contributed by atoms with van der Waals surface area (Å²) >= 11 is 0. The van der Waals surface area contributed by atoms with Crippen molar-refractivity contribution < 1.29 is 52.8 Å². The van der Waals surface area contributed by atoms with E-state index in [9.17, 15) is 24.3 Å². The smallest absolute Gasteiger partial charge is 0.312 e. The van der Waals surface area contributed by atoms with Crippen LogP contribution in [0.1, 0.15) is 223 Å². The van der Waals surface area contributed by atoms with Crippen LogP contribution >= 0.6 is 0 Å². The fraction of sp³-hybridized carbons (Fsp3) is 0.904. The monoisotopic (exact) mass is 895 g/mol. The van der Waals surface area contributed by atoms with E-state index in [2.05, 4.69) is 0 Å². The highest BCUT2D eigenvalue weighted by Gasteiger charge is 2.65. The molecule has 0 spiro atoms. The van der Waals surface area contributed by atoms with E-state index in [0.29, 0.717) is 44.9 Å². The third kappa shape index (κ3) is 10.6. The highest BCUT2D eigenvalue weighted by atomic mass is 16.6. The molecule has 8 bridgehead atoms. The number of aliphatic hydroxyl groups is 1. The highest BCUT2D eigenvalue weighted by Crippen LogP contribution is 2.64. The Morgan fingerprint density at radius 3 is 1.49 bits per heavy atom. The zero-order chi connectivity index (χ0) is 42.0. The SMILES string of the molecule is C.C.C.C.C.C.CCC(C)(CC(C)(CC(C)(C)C(=O)OC1(C)CC(=O)OC1(C)C)C(=O)OC12CC3CC(CC(O)(C3)C1)C2)C(=O)OC12CC3CC(C1)CC(C(=O)OC(C)(C)C)(C3)C2. The number of esters is 5. The topological polar surface area (TPSA) is 152 Å². The lowest BCUT2D eigenvalue weighted by molar-refractivity contribution is -0.230. The lowest BCUT2D eigenvalue weighted by Crippen LogP contribution is -2.61. The molecule has 0 aromatic rings. The summed E-state index contributed by atoms with van der Waals surface area (Å²) in [5.41, 5.74) is -9.84. The molecule has 7 atom stereocenters. The van der Waals surface area contributed by atoms with Crippen LogP contribution in [0, 0.1) is 45.3 Å². The van der Waals surface area contributed by atoms with Crippen LogP contribution in [-0.4, -0.2) is 68.6 Å². The summed E-state index contributed by atoms with van der Waals surface area (Å²) in [4.78, 5) is 70.3. The van der Waals surface area contributed by atoms with Crippen molar-refractivity contribution in [3.8, 4) is 0 Å². The minimum atomic E-state index is -1.37.